The van der Waals surface area contributed by atoms with Gasteiger partial charge in [0.1, 0.15) is 16.9 Å². The largest absolute Gasteiger partial charge is 0.508 e. The summed E-state index contributed by atoms with van der Waals surface area (Å²) in [6, 6.07) is 7.05. The second-order valence-corrected chi connectivity index (χ2v) is 7.98. The molecule has 2 aliphatic heterocycles. The molecular weight excluding hydrogens is 306 g/mol. The molecule has 2 heterocycles. The number of ether oxygens (including phenoxy) is 1. The van der Waals surface area contributed by atoms with Gasteiger partial charge in [-0.3, -0.25) is 9.69 Å². The number of rotatable bonds is 3. The maximum absolute atomic E-state index is 13.0. The second-order valence-electron chi connectivity index (χ2n) is 7.98. The molecule has 2 aliphatic rings. The Morgan fingerprint density at radius 2 is 2.08 bits per heavy atom. The molecule has 0 radical (unpaired) electrons. The molecule has 0 amide bonds. The summed E-state index contributed by atoms with van der Waals surface area (Å²) in [5.41, 5.74) is -0.445. The Bertz CT molecular complexity index is 624. The van der Waals surface area contributed by atoms with Crippen LogP contribution in [0.3, 0.4) is 0 Å². The number of hydrogen-bond acceptors (Lipinski definition) is 5. The van der Waals surface area contributed by atoms with Gasteiger partial charge in [0.05, 0.1) is 0 Å². The predicted octanol–water partition coefficient (Wildman–Crippen LogP) is 2.62. The molecule has 0 spiro atoms. The summed E-state index contributed by atoms with van der Waals surface area (Å²) in [6.45, 7) is 6.38. The minimum Gasteiger partial charge on any atom is -0.508 e. The van der Waals surface area contributed by atoms with Crippen molar-refractivity contribution in [1.29, 1.82) is 0 Å². The van der Waals surface area contributed by atoms with E-state index < -0.39 is 11.1 Å². The standard InChI is InChI=1S/C19H27NO4/c1-18(2,3)24-17(23)19-9-6-10-20(19)16(13(11-19)12-21)14-7-4-5-8-15(14)22/h4-5,7-8,13,16,21-22H,6,9-12H2,1-3H3/t13-,16-,19-/m1/s1. The summed E-state index contributed by atoms with van der Waals surface area (Å²) in [4.78, 5) is 15.1. The third-order valence-electron chi connectivity index (χ3n) is 5.19. The second kappa shape index (κ2) is 6.05. The Balaban J connectivity index is 1.98. The van der Waals surface area contributed by atoms with E-state index in [0.29, 0.717) is 6.42 Å². The van der Waals surface area contributed by atoms with Crippen molar-refractivity contribution < 1.29 is 19.7 Å². The molecule has 0 bridgehead atoms. The van der Waals surface area contributed by atoms with Crippen molar-refractivity contribution in [2.45, 2.75) is 57.2 Å². The van der Waals surface area contributed by atoms with Crippen molar-refractivity contribution in [3.05, 3.63) is 29.8 Å². The number of esters is 1. The van der Waals surface area contributed by atoms with Crippen molar-refractivity contribution in [3.8, 4) is 5.75 Å². The number of carbonyl (C=O) groups excluding carboxylic acids is 1. The molecule has 0 aliphatic carbocycles. The highest BCUT2D eigenvalue weighted by molar-refractivity contribution is 5.82. The van der Waals surface area contributed by atoms with Gasteiger partial charge in [-0.25, -0.2) is 0 Å². The van der Waals surface area contributed by atoms with E-state index in [-0.39, 0.29) is 30.3 Å². The molecule has 132 valence electrons. The summed E-state index contributed by atoms with van der Waals surface area (Å²) in [5, 5.41) is 20.2. The molecule has 2 N–H and O–H groups in total. The maximum Gasteiger partial charge on any atom is 0.327 e. The van der Waals surface area contributed by atoms with Gasteiger partial charge < -0.3 is 14.9 Å². The van der Waals surface area contributed by atoms with Crippen LogP contribution >= 0.6 is 0 Å². The molecule has 3 atom stereocenters. The van der Waals surface area contributed by atoms with Crippen molar-refractivity contribution in [1.82, 2.24) is 4.90 Å². The van der Waals surface area contributed by atoms with Gasteiger partial charge >= 0.3 is 5.97 Å². The highest BCUT2D eigenvalue weighted by atomic mass is 16.6. The number of phenols is 1. The van der Waals surface area contributed by atoms with Crippen molar-refractivity contribution in [2.24, 2.45) is 5.92 Å². The van der Waals surface area contributed by atoms with Crippen LogP contribution in [0, 0.1) is 5.92 Å². The van der Waals surface area contributed by atoms with E-state index in [9.17, 15) is 15.0 Å². The lowest BCUT2D eigenvalue weighted by molar-refractivity contribution is -0.167. The predicted molar refractivity (Wildman–Crippen MR) is 90.6 cm³/mol. The number of aliphatic hydroxyl groups excluding tert-OH is 1. The van der Waals surface area contributed by atoms with Gasteiger partial charge in [0.15, 0.2) is 0 Å². The first-order chi connectivity index (χ1) is 11.3. The first-order valence-corrected chi connectivity index (χ1v) is 8.67. The van der Waals surface area contributed by atoms with E-state index in [1.807, 2.05) is 32.9 Å². The van der Waals surface area contributed by atoms with Crippen LogP contribution < -0.4 is 0 Å². The monoisotopic (exact) mass is 333 g/mol. The molecule has 5 heteroatoms. The zero-order valence-electron chi connectivity index (χ0n) is 14.7. The van der Waals surface area contributed by atoms with Crippen LogP contribution in [0.25, 0.3) is 0 Å². The smallest absolute Gasteiger partial charge is 0.327 e. The summed E-state index contributed by atoms with van der Waals surface area (Å²) >= 11 is 0. The Kier molecular flexibility index (Phi) is 4.34. The number of phenolic OH excluding ortho intramolecular Hbond substituents is 1. The molecule has 5 nitrogen and oxygen atoms in total. The Morgan fingerprint density at radius 3 is 2.71 bits per heavy atom. The van der Waals surface area contributed by atoms with Gasteiger partial charge in [-0.15, -0.1) is 0 Å². The van der Waals surface area contributed by atoms with Gasteiger partial charge in [0, 0.05) is 24.1 Å². The van der Waals surface area contributed by atoms with E-state index in [1.54, 1.807) is 12.1 Å². The number of hydrogen-bond donors (Lipinski definition) is 2. The van der Waals surface area contributed by atoms with Crippen LogP contribution in [-0.4, -0.2) is 45.4 Å². The fourth-order valence-corrected chi connectivity index (χ4v) is 4.32. The molecule has 2 saturated heterocycles. The van der Waals surface area contributed by atoms with Crippen LogP contribution in [0.15, 0.2) is 24.3 Å². The normalized spacial score (nSPS) is 30.3. The SMILES string of the molecule is CC(C)(C)OC(=O)[C@]12CCCN1[C@@H](c1ccccc1O)[C@@H](CO)C2. The van der Waals surface area contributed by atoms with E-state index >= 15 is 0 Å². The van der Waals surface area contributed by atoms with Crippen LogP contribution in [0.4, 0.5) is 0 Å². The number of fused-ring (bicyclic) bond motifs is 1. The summed E-state index contributed by atoms with van der Waals surface area (Å²) in [7, 11) is 0. The summed E-state index contributed by atoms with van der Waals surface area (Å²) in [5.74, 6) is -0.0807. The average molecular weight is 333 g/mol. The van der Waals surface area contributed by atoms with E-state index in [2.05, 4.69) is 4.90 Å². The first kappa shape index (κ1) is 17.2. The van der Waals surface area contributed by atoms with Crippen LogP contribution in [0.5, 0.6) is 5.75 Å². The highest BCUT2D eigenvalue weighted by Gasteiger charge is 2.60. The van der Waals surface area contributed by atoms with E-state index in [1.165, 1.54) is 0 Å². The quantitative estimate of drug-likeness (QED) is 0.832. The van der Waals surface area contributed by atoms with E-state index in [0.717, 1.165) is 24.9 Å². The van der Waals surface area contributed by atoms with Gasteiger partial charge in [-0.05, 0) is 52.6 Å². The lowest BCUT2D eigenvalue weighted by atomic mass is 9.87. The maximum atomic E-state index is 13.0. The fourth-order valence-electron chi connectivity index (χ4n) is 4.32. The van der Waals surface area contributed by atoms with Gasteiger partial charge in [-0.1, -0.05) is 18.2 Å². The number of nitrogens with zero attached hydrogens (tertiary/aromatic N) is 1. The molecule has 0 unspecified atom stereocenters. The zero-order chi connectivity index (χ0) is 17.5. The third-order valence-corrected chi connectivity index (χ3v) is 5.19. The molecule has 1 aromatic rings. The molecule has 3 rings (SSSR count). The molecule has 0 saturated carbocycles. The van der Waals surface area contributed by atoms with Crippen molar-refractivity contribution >= 4 is 5.97 Å². The van der Waals surface area contributed by atoms with Crippen molar-refractivity contribution in [2.75, 3.05) is 13.2 Å². The van der Waals surface area contributed by atoms with E-state index in [4.69, 9.17) is 4.74 Å². The lowest BCUT2D eigenvalue weighted by Gasteiger charge is -2.35. The lowest BCUT2D eigenvalue weighted by Crippen LogP contribution is -2.49. The summed E-state index contributed by atoms with van der Waals surface area (Å²) in [6.07, 6.45) is 2.22. The minimum atomic E-state index is -0.687. The molecule has 1 aromatic carbocycles. The minimum absolute atomic E-state index is 0.0138. The van der Waals surface area contributed by atoms with Crippen LogP contribution in [0.1, 0.15) is 51.6 Å². The van der Waals surface area contributed by atoms with Gasteiger partial charge in [-0.2, -0.15) is 0 Å². The van der Waals surface area contributed by atoms with Gasteiger partial charge in [0.2, 0.25) is 0 Å². The number of benzene rings is 1. The topological polar surface area (TPSA) is 70.0 Å². The number of carbonyl (C=O) groups is 1. The number of aliphatic hydroxyl groups is 1. The Hall–Kier alpha value is -1.59. The fraction of sp³-hybridized carbons (Fsp3) is 0.632. The number of aromatic hydroxyl groups is 1. The number of para-hydroxylation sites is 1. The highest BCUT2D eigenvalue weighted by Crippen LogP contribution is 2.53. The van der Waals surface area contributed by atoms with Crippen LogP contribution in [0.2, 0.25) is 0 Å². The Morgan fingerprint density at radius 1 is 1.38 bits per heavy atom. The van der Waals surface area contributed by atoms with Crippen LogP contribution in [-0.2, 0) is 9.53 Å². The zero-order valence-corrected chi connectivity index (χ0v) is 14.7. The average Bonchev–Trinajstić information content (AvgIpc) is 3.03. The molecular formula is C19H27NO4. The van der Waals surface area contributed by atoms with Crippen molar-refractivity contribution in [3.63, 3.8) is 0 Å². The first-order valence-electron chi connectivity index (χ1n) is 8.67. The molecule has 0 aromatic heterocycles. The molecule has 24 heavy (non-hydrogen) atoms. The van der Waals surface area contributed by atoms with Gasteiger partial charge in [0.25, 0.3) is 0 Å². The summed E-state index contributed by atoms with van der Waals surface area (Å²) < 4.78 is 5.71. The Labute approximate surface area is 143 Å². The third kappa shape index (κ3) is 2.80. The molecule has 2 fully saturated rings.